The SMILES string of the molecule is CCOc1ccc2c(c1)N(C)CCn1c-2c(C2CCCCC2)c2sc(C(=O)O)cc21.CCOc1ccc2c(c1)N(C)CCn1c-2c(C2CCCCC2)c2sc(C(=O)OC)cc21. The van der Waals surface area contributed by atoms with Crippen LogP contribution < -0.4 is 19.3 Å². The molecule has 2 aromatic carbocycles. The summed E-state index contributed by atoms with van der Waals surface area (Å²) in [5, 5.41) is 9.63. The number of rotatable bonds is 8. The van der Waals surface area contributed by atoms with Crippen molar-refractivity contribution in [2.45, 2.75) is 103 Å². The molecular formula is C49H58N4O6S2. The highest BCUT2D eigenvalue weighted by atomic mass is 32.1. The lowest BCUT2D eigenvalue weighted by atomic mass is 9.83. The number of hydrogen-bond acceptors (Lipinski definition) is 9. The van der Waals surface area contributed by atoms with Gasteiger partial charge in [0.15, 0.2) is 0 Å². The number of benzene rings is 2. The largest absolute Gasteiger partial charge is 0.494 e. The van der Waals surface area contributed by atoms with Crippen LogP contribution in [0, 0.1) is 0 Å². The Hall–Kier alpha value is -4.94. The van der Waals surface area contributed by atoms with Gasteiger partial charge in [0, 0.05) is 74.9 Å². The van der Waals surface area contributed by atoms with Crippen molar-refractivity contribution in [2.24, 2.45) is 0 Å². The molecule has 2 saturated carbocycles. The lowest BCUT2D eigenvalue weighted by Crippen LogP contribution is -2.20. The summed E-state index contributed by atoms with van der Waals surface area (Å²) in [6.45, 7) is 8.88. The van der Waals surface area contributed by atoms with Crippen molar-refractivity contribution in [3.05, 3.63) is 69.4 Å². The van der Waals surface area contributed by atoms with Crippen LogP contribution in [0.1, 0.15) is 120 Å². The van der Waals surface area contributed by atoms with E-state index in [9.17, 15) is 14.7 Å². The van der Waals surface area contributed by atoms with Gasteiger partial charge in [0.25, 0.3) is 0 Å². The van der Waals surface area contributed by atoms with Crippen LogP contribution in [0.5, 0.6) is 11.5 Å². The number of aromatic nitrogens is 2. The number of esters is 1. The second kappa shape index (κ2) is 17.4. The Morgan fingerprint density at radius 3 is 1.51 bits per heavy atom. The Bertz CT molecular complexity index is 2590. The van der Waals surface area contributed by atoms with E-state index in [0.717, 1.165) is 43.2 Å². The van der Waals surface area contributed by atoms with Crippen LogP contribution in [0.3, 0.4) is 0 Å². The molecule has 2 aliphatic carbocycles. The standard InChI is InChI=1S/C25H30N2O3S.C24H28N2O3S/c1-4-30-17-10-11-18-19(14-17)26(2)12-13-27-20-15-21(25(28)29-3)31-24(20)22(23(18)27)16-8-6-5-7-9-16;1-3-29-16-9-10-17-18(13-16)25(2)11-12-26-19-14-20(24(27)28)30-23(19)21(22(17)26)15-7-5-4-6-8-15/h10-11,14-16H,4-9,12-13H2,1-3H3;9-10,13-15H,3-8,11-12H2,1-2H3,(H,27,28). The molecule has 322 valence electrons. The Balaban J connectivity index is 0.000000156. The highest BCUT2D eigenvalue weighted by molar-refractivity contribution is 7.21. The number of carboxylic acids is 1. The minimum atomic E-state index is -0.826. The predicted octanol–water partition coefficient (Wildman–Crippen LogP) is 12.0. The van der Waals surface area contributed by atoms with Crippen LogP contribution >= 0.6 is 22.7 Å². The maximum Gasteiger partial charge on any atom is 0.348 e. The third kappa shape index (κ3) is 7.57. The zero-order valence-electron chi connectivity index (χ0n) is 36.2. The molecule has 10 nitrogen and oxygen atoms in total. The summed E-state index contributed by atoms with van der Waals surface area (Å²) in [6, 6.07) is 16.9. The van der Waals surface area contributed by atoms with Gasteiger partial charge in [-0.1, -0.05) is 38.5 Å². The van der Waals surface area contributed by atoms with E-state index in [-0.39, 0.29) is 5.97 Å². The molecule has 0 amide bonds. The van der Waals surface area contributed by atoms with E-state index in [4.69, 9.17) is 14.2 Å². The monoisotopic (exact) mass is 862 g/mol. The second-order valence-corrected chi connectivity index (χ2v) is 19.1. The van der Waals surface area contributed by atoms with E-state index in [2.05, 4.69) is 69.4 Å². The van der Waals surface area contributed by atoms with E-state index in [1.165, 1.54) is 143 Å². The quantitative estimate of drug-likeness (QED) is 0.151. The topological polar surface area (TPSA) is 98.4 Å². The number of thiophene rings is 2. The van der Waals surface area contributed by atoms with Gasteiger partial charge >= 0.3 is 11.9 Å². The van der Waals surface area contributed by atoms with Crippen LogP contribution in [0.2, 0.25) is 0 Å². The fourth-order valence-electron chi connectivity index (χ4n) is 10.5. The zero-order valence-corrected chi connectivity index (χ0v) is 37.8. The third-order valence-electron chi connectivity index (χ3n) is 13.4. The highest BCUT2D eigenvalue weighted by Crippen LogP contribution is 2.51. The maximum atomic E-state index is 12.3. The minimum Gasteiger partial charge on any atom is -0.494 e. The Kier molecular flexibility index (Phi) is 11.8. The summed E-state index contributed by atoms with van der Waals surface area (Å²) < 4.78 is 23.9. The molecular weight excluding hydrogens is 805 g/mol. The number of likely N-dealkylation sites (N-methyl/N-ethyl adjacent to an activating group) is 2. The molecule has 6 aromatic rings. The predicted molar refractivity (Wildman–Crippen MR) is 249 cm³/mol. The van der Waals surface area contributed by atoms with E-state index in [0.29, 0.717) is 34.8 Å². The first-order chi connectivity index (χ1) is 29.7. The Morgan fingerprint density at radius 1 is 0.639 bits per heavy atom. The van der Waals surface area contributed by atoms with E-state index in [1.807, 2.05) is 26.0 Å². The summed E-state index contributed by atoms with van der Waals surface area (Å²) in [5.41, 5.74) is 12.6. The van der Waals surface area contributed by atoms with Gasteiger partial charge in [0.05, 0.1) is 52.1 Å². The normalized spacial score (nSPS) is 16.8. The van der Waals surface area contributed by atoms with Crippen molar-refractivity contribution in [3.8, 4) is 34.0 Å². The lowest BCUT2D eigenvalue weighted by molar-refractivity contribution is 0.0605. The number of carbonyl (C=O) groups is 2. The van der Waals surface area contributed by atoms with E-state index in [1.54, 1.807) is 11.3 Å². The molecule has 2 aliphatic heterocycles. The van der Waals surface area contributed by atoms with Crippen molar-refractivity contribution in [1.82, 2.24) is 9.13 Å². The van der Waals surface area contributed by atoms with Gasteiger partial charge in [-0.25, -0.2) is 9.59 Å². The number of ether oxygens (including phenoxy) is 3. The number of fused-ring (bicyclic) bond motifs is 10. The average Bonchev–Trinajstić information content (AvgIpc) is 4.01. The molecule has 2 fully saturated rings. The minimum absolute atomic E-state index is 0.238. The van der Waals surface area contributed by atoms with Crippen LogP contribution in [-0.2, 0) is 17.8 Å². The first-order valence-corrected chi connectivity index (χ1v) is 23.9. The summed E-state index contributed by atoms with van der Waals surface area (Å²) in [7, 11) is 5.75. The number of anilines is 2. The Labute approximate surface area is 366 Å². The molecule has 0 spiro atoms. The molecule has 4 aromatic heterocycles. The average molecular weight is 863 g/mol. The van der Waals surface area contributed by atoms with Gasteiger partial charge in [-0.3, -0.25) is 0 Å². The summed E-state index contributed by atoms with van der Waals surface area (Å²) in [4.78, 5) is 29.8. The molecule has 6 heterocycles. The maximum absolute atomic E-state index is 12.3. The molecule has 4 aliphatic rings. The van der Waals surface area contributed by atoms with Gasteiger partial charge < -0.3 is 38.3 Å². The van der Waals surface area contributed by atoms with Crippen molar-refractivity contribution in [2.75, 3.05) is 57.3 Å². The molecule has 0 unspecified atom stereocenters. The number of methoxy groups -OCH3 is 1. The van der Waals surface area contributed by atoms with E-state index >= 15 is 0 Å². The highest BCUT2D eigenvalue weighted by Gasteiger charge is 2.34. The van der Waals surface area contributed by atoms with Gasteiger partial charge in [-0.05, 0) is 98.9 Å². The fourth-order valence-corrected chi connectivity index (χ4v) is 12.8. The van der Waals surface area contributed by atoms with Gasteiger partial charge in [-0.15, -0.1) is 22.7 Å². The van der Waals surface area contributed by atoms with Crippen molar-refractivity contribution < 1.29 is 28.9 Å². The Morgan fingerprint density at radius 2 is 1.08 bits per heavy atom. The van der Waals surface area contributed by atoms with E-state index < -0.39 is 5.97 Å². The molecule has 0 bridgehead atoms. The van der Waals surface area contributed by atoms with Crippen LogP contribution in [0.15, 0.2) is 48.5 Å². The van der Waals surface area contributed by atoms with Gasteiger partial charge in [-0.2, -0.15) is 0 Å². The number of nitrogens with zero attached hydrogens (tertiary/aromatic N) is 4. The summed E-state index contributed by atoms with van der Waals surface area (Å²) in [6.07, 6.45) is 12.5. The molecule has 12 heteroatoms. The molecule has 0 atom stereocenters. The molecule has 61 heavy (non-hydrogen) atoms. The van der Waals surface area contributed by atoms with Crippen LogP contribution in [0.4, 0.5) is 11.4 Å². The smallest absolute Gasteiger partial charge is 0.348 e. The number of aromatic carboxylic acids is 1. The summed E-state index contributed by atoms with van der Waals surface area (Å²) in [5.74, 6) is 1.80. The molecule has 1 N–H and O–H groups in total. The van der Waals surface area contributed by atoms with Gasteiger partial charge in [0.1, 0.15) is 21.3 Å². The molecule has 10 rings (SSSR count). The molecule has 0 radical (unpaired) electrons. The number of carbonyl (C=O) groups excluding carboxylic acids is 1. The van der Waals surface area contributed by atoms with Crippen molar-refractivity contribution >= 4 is 66.4 Å². The number of hydrogen-bond donors (Lipinski definition) is 1. The first-order valence-electron chi connectivity index (χ1n) is 22.3. The van der Waals surface area contributed by atoms with Crippen molar-refractivity contribution in [3.63, 3.8) is 0 Å². The van der Waals surface area contributed by atoms with Crippen LogP contribution in [-0.4, -0.2) is 73.7 Å². The first kappa shape index (κ1) is 41.4. The van der Waals surface area contributed by atoms with Crippen molar-refractivity contribution in [1.29, 1.82) is 0 Å². The zero-order chi connectivity index (χ0) is 42.4. The third-order valence-corrected chi connectivity index (χ3v) is 15.7. The lowest BCUT2D eigenvalue weighted by Gasteiger charge is -2.24. The summed E-state index contributed by atoms with van der Waals surface area (Å²) >= 11 is 3.06. The fraction of sp³-hybridized carbons (Fsp3) is 0.469. The van der Waals surface area contributed by atoms with Crippen LogP contribution in [0.25, 0.3) is 42.9 Å². The van der Waals surface area contributed by atoms with Gasteiger partial charge in [0.2, 0.25) is 0 Å². The number of carboxylic acid groups (broad SMARTS) is 1. The molecule has 0 saturated heterocycles. The second-order valence-electron chi connectivity index (χ2n) is 17.0.